The highest BCUT2D eigenvalue weighted by Crippen LogP contribution is 2.08. The van der Waals surface area contributed by atoms with Crippen molar-refractivity contribution in [1.82, 2.24) is 10.3 Å². The lowest BCUT2D eigenvalue weighted by molar-refractivity contribution is 0.0508. The third kappa shape index (κ3) is 3.72. The summed E-state index contributed by atoms with van der Waals surface area (Å²) in [5.74, 6) is 0.729. The molecular formula is C10H16N2O2. The van der Waals surface area contributed by atoms with Crippen LogP contribution in [0.2, 0.25) is 0 Å². The van der Waals surface area contributed by atoms with E-state index in [9.17, 15) is 0 Å². The Morgan fingerprint density at radius 1 is 1.43 bits per heavy atom. The Bertz CT molecular complexity index is 222. The molecule has 0 spiro atoms. The van der Waals surface area contributed by atoms with Gasteiger partial charge in [0.25, 0.3) is 0 Å². The van der Waals surface area contributed by atoms with Crippen molar-refractivity contribution in [3.8, 4) is 5.75 Å². The van der Waals surface area contributed by atoms with E-state index in [1.165, 1.54) is 0 Å². The first-order valence-corrected chi connectivity index (χ1v) is 4.64. The number of nitrogens with zero attached hydrogens (tertiary/aromatic N) is 1. The average Bonchev–Trinajstić information content (AvgIpc) is 2.25. The van der Waals surface area contributed by atoms with Gasteiger partial charge in [0.05, 0.1) is 11.9 Å². The maximum atomic E-state index is 5.21. The fraction of sp³-hybridized carbons (Fsp3) is 0.500. The highest BCUT2D eigenvalue weighted by atomic mass is 16.7. The Kier molecular flexibility index (Phi) is 4.96. The van der Waals surface area contributed by atoms with Crippen LogP contribution in [0.1, 0.15) is 12.6 Å². The molecule has 0 aromatic carbocycles. The standard InChI is InChI=1S/C10H16N2O2/c1-3-11-6-9-4-5-10(7-12-9)14-8-13-2/h4-5,7,11H,3,6,8H2,1-2H3. The third-order valence-corrected chi connectivity index (χ3v) is 1.70. The predicted molar refractivity (Wildman–Crippen MR) is 54.1 cm³/mol. The van der Waals surface area contributed by atoms with Crippen molar-refractivity contribution in [3.63, 3.8) is 0 Å². The summed E-state index contributed by atoms with van der Waals surface area (Å²) in [5, 5.41) is 3.20. The highest BCUT2D eigenvalue weighted by Gasteiger charge is 1.95. The third-order valence-electron chi connectivity index (χ3n) is 1.70. The van der Waals surface area contributed by atoms with Gasteiger partial charge in [0, 0.05) is 13.7 Å². The van der Waals surface area contributed by atoms with Crippen molar-refractivity contribution in [2.45, 2.75) is 13.5 Å². The van der Waals surface area contributed by atoms with E-state index in [2.05, 4.69) is 17.2 Å². The number of hydrogen-bond donors (Lipinski definition) is 1. The first-order chi connectivity index (χ1) is 6.86. The molecule has 0 aliphatic carbocycles. The molecule has 0 unspecified atom stereocenters. The maximum Gasteiger partial charge on any atom is 0.188 e. The molecule has 0 bridgehead atoms. The zero-order chi connectivity index (χ0) is 10.2. The van der Waals surface area contributed by atoms with E-state index in [1.807, 2.05) is 12.1 Å². The molecule has 0 atom stereocenters. The molecule has 0 saturated carbocycles. The Labute approximate surface area is 84.3 Å². The Morgan fingerprint density at radius 3 is 2.86 bits per heavy atom. The van der Waals surface area contributed by atoms with Crippen molar-refractivity contribution in [2.75, 3.05) is 20.4 Å². The Morgan fingerprint density at radius 2 is 2.29 bits per heavy atom. The SMILES string of the molecule is CCNCc1ccc(OCOC)cn1. The van der Waals surface area contributed by atoms with E-state index in [1.54, 1.807) is 13.3 Å². The zero-order valence-electron chi connectivity index (χ0n) is 8.62. The number of nitrogens with one attached hydrogen (secondary N) is 1. The molecule has 0 amide bonds. The number of rotatable bonds is 6. The summed E-state index contributed by atoms with van der Waals surface area (Å²) < 4.78 is 9.99. The number of aromatic nitrogens is 1. The smallest absolute Gasteiger partial charge is 0.188 e. The van der Waals surface area contributed by atoms with E-state index in [-0.39, 0.29) is 6.79 Å². The second-order valence-electron chi connectivity index (χ2n) is 2.82. The van der Waals surface area contributed by atoms with Crippen molar-refractivity contribution in [2.24, 2.45) is 0 Å². The van der Waals surface area contributed by atoms with Crippen molar-refractivity contribution in [3.05, 3.63) is 24.0 Å². The molecule has 0 aliphatic rings. The molecule has 4 nitrogen and oxygen atoms in total. The number of pyridine rings is 1. The van der Waals surface area contributed by atoms with Gasteiger partial charge in [0.1, 0.15) is 5.75 Å². The summed E-state index contributed by atoms with van der Waals surface area (Å²) in [5.41, 5.74) is 1.01. The molecular weight excluding hydrogens is 180 g/mol. The minimum atomic E-state index is 0.258. The van der Waals surface area contributed by atoms with Gasteiger partial charge >= 0.3 is 0 Å². The van der Waals surface area contributed by atoms with Gasteiger partial charge in [-0.05, 0) is 18.7 Å². The molecule has 1 rings (SSSR count). The number of hydrogen-bond acceptors (Lipinski definition) is 4. The minimum absolute atomic E-state index is 0.258. The highest BCUT2D eigenvalue weighted by molar-refractivity contribution is 5.19. The van der Waals surface area contributed by atoms with E-state index in [0.29, 0.717) is 0 Å². The number of methoxy groups -OCH3 is 1. The minimum Gasteiger partial charge on any atom is -0.466 e. The van der Waals surface area contributed by atoms with Crippen LogP contribution >= 0.6 is 0 Å². The first-order valence-electron chi connectivity index (χ1n) is 4.64. The lowest BCUT2D eigenvalue weighted by Gasteiger charge is -2.05. The van der Waals surface area contributed by atoms with Crippen molar-refractivity contribution < 1.29 is 9.47 Å². The van der Waals surface area contributed by atoms with E-state index in [0.717, 1.165) is 24.5 Å². The lowest BCUT2D eigenvalue weighted by atomic mass is 10.3. The van der Waals surface area contributed by atoms with Crippen LogP contribution < -0.4 is 10.1 Å². The quantitative estimate of drug-likeness (QED) is 0.694. The molecule has 1 aromatic heterocycles. The fourth-order valence-corrected chi connectivity index (χ4v) is 0.981. The summed E-state index contributed by atoms with van der Waals surface area (Å²) in [6.07, 6.45) is 1.70. The van der Waals surface area contributed by atoms with Crippen molar-refractivity contribution in [1.29, 1.82) is 0 Å². The van der Waals surface area contributed by atoms with Gasteiger partial charge in [0.15, 0.2) is 6.79 Å². The van der Waals surface area contributed by atoms with E-state index < -0.39 is 0 Å². The average molecular weight is 196 g/mol. The molecule has 4 heteroatoms. The van der Waals surface area contributed by atoms with Crippen LogP contribution in [0.25, 0.3) is 0 Å². The maximum absolute atomic E-state index is 5.21. The second-order valence-corrected chi connectivity index (χ2v) is 2.82. The topological polar surface area (TPSA) is 43.4 Å². The van der Waals surface area contributed by atoms with Crippen LogP contribution in [0.4, 0.5) is 0 Å². The molecule has 78 valence electrons. The van der Waals surface area contributed by atoms with Gasteiger partial charge in [-0.3, -0.25) is 4.98 Å². The van der Waals surface area contributed by atoms with Crippen LogP contribution in [-0.2, 0) is 11.3 Å². The van der Waals surface area contributed by atoms with Gasteiger partial charge in [-0.1, -0.05) is 6.92 Å². The van der Waals surface area contributed by atoms with Gasteiger partial charge in [-0.25, -0.2) is 0 Å². The second kappa shape index (κ2) is 6.34. The largest absolute Gasteiger partial charge is 0.466 e. The van der Waals surface area contributed by atoms with Crippen LogP contribution in [0.3, 0.4) is 0 Å². The van der Waals surface area contributed by atoms with Crippen LogP contribution in [-0.4, -0.2) is 25.4 Å². The predicted octanol–water partition coefficient (Wildman–Crippen LogP) is 1.17. The number of ether oxygens (including phenoxy) is 2. The molecule has 0 aliphatic heterocycles. The van der Waals surface area contributed by atoms with Gasteiger partial charge in [-0.15, -0.1) is 0 Å². The molecule has 0 fully saturated rings. The monoisotopic (exact) mass is 196 g/mol. The summed E-state index contributed by atoms with van der Waals surface area (Å²) >= 11 is 0. The summed E-state index contributed by atoms with van der Waals surface area (Å²) in [6, 6.07) is 3.83. The summed E-state index contributed by atoms with van der Waals surface area (Å²) in [4.78, 5) is 4.23. The van der Waals surface area contributed by atoms with Gasteiger partial charge < -0.3 is 14.8 Å². The zero-order valence-corrected chi connectivity index (χ0v) is 8.62. The first kappa shape index (κ1) is 10.9. The van der Waals surface area contributed by atoms with Gasteiger partial charge in [0.2, 0.25) is 0 Å². The Hall–Kier alpha value is -1.13. The Balaban J connectivity index is 2.42. The van der Waals surface area contributed by atoms with E-state index >= 15 is 0 Å². The van der Waals surface area contributed by atoms with Gasteiger partial charge in [-0.2, -0.15) is 0 Å². The van der Waals surface area contributed by atoms with Crippen molar-refractivity contribution >= 4 is 0 Å². The molecule has 1 heterocycles. The lowest BCUT2D eigenvalue weighted by Crippen LogP contribution is -2.12. The van der Waals surface area contributed by atoms with Crippen LogP contribution in [0.15, 0.2) is 18.3 Å². The fourth-order valence-electron chi connectivity index (χ4n) is 0.981. The molecule has 0 saturated heterocycles. The van der Waals surface area contributed by atoms with Crippen LogP contribution in [0, 0.1) is 0 Å². The molecule has 14 heavy (non-hydrogen) atoms. The molecule has 1 N–H and O–H groups in total. The summed E-state index contributed by atoms with van der Waals surface area (Å²) in [6.45, 7) is 4.06. The van der Waals surface area contributed by atoms with E-state index in [4.69, 9.17) is 9.47 Å². The normalized spacial score (nSPS) is 10.1. The molecule has 1 aromatic rings. The van der Waals surface area contributed by atoms with Crippen LogP contribution in [0.5, 0.6) is 5.75 Å². The summed E-state index contributed by atoms with van der Waals surface area (Å²) in [7, 11) is 1.59. The molecule has 0 radical (unpaired) electrons.